The Balaban J connectivity index is 1.70. The molecule has 0 saturated heterocycles. The molecule has 0 spiro atoms. The van der Waals surface area contributed by atoms with Gasteiger partial charge in [0.25, 0.3) is 0 Å². The van der Waals surface area contributed by atoms with Gasteiger partial charge in [-0.1, -0.05) is 60.1 Å². The Hall–Kier alpha value is -1.73. The van der Waals surface area contributed by atoms with Crippen molar-refractivity contribution in [3.05, 3.63) is 23.3 Å². The fourth-order valence-corrected chi connectivity index (χ4v) is 10.8. The zero-order valence-corrected chi connectivity index (χ0v) is 24.3. The highest BCUT2D eigenvalue weighted by atomic mass is 35.5. The largest absolute Gasteiger partial charge is 0.295 e. The molecule has 0 aliphatic heterocycles. The van der Waals surface area contributed by atoms with Gasteiger partial charge < -0.3 is 0 Å². The number of hydrogen-bond acceptors (Lipinski definition) is 4. The molecule has 0 aromatic heterocycles. The molecule has 200 valence electrons. The van der Waals surface area contributed by atoms with Crippen LogP contribution < -0.4 is 0 Å². The number of fused-ring (bicyclic) bond motifs is 7. The van der Waals surface area contributed by atoms with Gasteiger partial charge in [0.15, 0.2) is 11.6 Å². The highest BCUT2D eigenvalue weighted by Crippen LogP contribution is 2.74. The van der Waals surface area contributed by atoms with E-state index in [9.17, 15) is 19.6 Å². The van der Waals surface area contributed by atoms with E-state index in [1.165, 1.54) is 0 Å². The predicted octanol–water partition coefficient (Wildman–Crippen LogP) is 7.22. The summed E-state index contributed by atoms with van der Waals surface area (Å²) in [6.07, 6.45) is 9.82. The molecule has 5 aliphatic carbocycles. The first-order chi connectivity index (χ1) is 17.1. The highest BCUT2D eigenvalue weighted by molar-refractivity contribution is 6.63. The van der Waals surface area contributed by atoms with E-state index in [2.05, 4.69) is 40.7 Å². The van der Waals surface area contributed by atoms with E-state index in [1.54, 1.807) is 0 Å². The molecule has 0 amide bonds. The van der Waals surface area contributed by atoms with Crippen molar-refractivity contribution in [1.29, 1.82) is 5.26 Å². The van der Waals surface area contributed by atoms with E-state index in [4.69, 9.17) is 11.6 Å². The summed E-state index contributed by atoms with van der Waals surface area (Å²) in [5.41, 5.74) is -0.540. The van der Waals surface area contributed by atoms with Crippen molar-refractivity contribution in [2.24, 2.45) is 56.7 Å². The molecule has 4 nitrogen and oxygen atoms in total. The summed E-state index contributed by atoms with van der Waals surface area (Å²) in [4.78, 5) is 39.9. The minimum Gasteiger partial charge on any atom is -0.295 e. The van der Waals surface area contributed by atoms with Crippen LogP contribution in [0.4, 0.5) is 0 Å². The van der Waals surface area contributed by atoms with Crippen LogP contribution in [0.2, 0.25) is 0 Å². The number of allylic oxidation sites excluding steroid dienone is 4. The van der Waals surface area contributed by atoms with E-state index in [0.717, 1.165) is 44.1 Å². The maximum Gasteiger partial charge on any atom is 0.222 e. The molecule has 0 radical (unpaired) electrons. The number of carbonyl (C=O) groups is 3. The van der Waals surface area contributed by atoms with Crippen molar-refractivity contribution >= 4 is 28.4 Å². The van der Waals surface area contributed by atoms with Crippen LogP contribution in [-0.2, 0) is 14.4 Å². The van der Waals surface area contributed by atoms with Crippen molar-refractivity contribution in [1.82, 2.24) is 0 Å². The second kappa shape index (κ2) is 8.14. The van der Waals surface area contributed by atoms with Crippen molar-refractivity contribution in [3.8, 4) is 6.07 Å². The van der Waals surface area contributed by atoms with Gasteiger partial charge in [-0.25, -0.2) is 0 Å². The van der Waals surface area contributed by atoms with Gasteiger partial charge in [-0.3, -0.25) is 14.4 Å². The normalized spacial score (nSPS) is 48.4. The summed E-state index contributed by atoms with van der Waals surface area (Å²) < 4.78 is 0. The minimum atomic E-state index is -0.659. The molecular formula is C32H42ClNO3. The van der Waals surface area contributed by atoms with Crippen LogP contribution in [0.25, 0.3) is 0 Å². The molecule has 0 unspecified atom stereocenters. The minimum absolute atomic E-state index is 0.0436. The molecule has 0 aromatic rings. The van der Waals surface area contributed by atoms with Gasteiger partial charge in [0.1, 0.15) is 6.07 Å². The highest BCUT2D eigenvalue weighted by Gasteiger charge is 2.70. The molecule has 5 aliphatic rings. The summed E-state index contributed by atoms with van der Waals surface area (Å²) >= 11 is 6.06. The first kappa shape index (κ1) is 26.9. The summed E-state index contributed by atoms with van der Waals surface area (Å²) in [7, 11) is 0. The van der Waals surface area contributed by atoms with Crippen molar-refractivity contribution in [3.63, 3.8) is 0 Å². The van der Waals surface area contributed by atoms with Crippen LogP contribution in [0.5, 0.6) is 0 Å². The molecule has 37 heavy (non-hydrogen) atoms. The Labute approximate surface area is 227 Å². The van der Waals surface area contributed by atoms with Gasteiger partial charge in [-0.05, 0) is 96.1 Å². The summed E-state index contributed by atoms with van der Waals surface area (Å²) in [5, 5.41) is 9.59. The number of hydrogen-bond donors (Lipinski definition) is 0. The molecule has 0 bridgehead atoms. The SMILES string of the molecule is C[C@@H]1[C@H]2[C@H]3C(=O)C=C4[C@@]5(C)C=C(C#N)C(=O)C(C)(C)[C@@H]5CC[C@@]4(C)[C@]3(C)CC[C@@]2(CC(=O)Cl)CC[C@H]1C. The average Bonchev–Trinajstić information content (AvgIpc) is 2.81. The van der Waals surface area contributed by atoms with Gasteiger partial charge in [0.2, 0.25) is 5.24 Å². The molecule has 5 heteroatoms. The number of nitriles is 1. The fourth-order valence-electron chi connectivity index (χ4n) is 10.6. The fraction of sp³-hybridized carbons (Fsp3) is 0.750. The summed E-state index contributed by atoms with van der Waals surface area (Å²) in [5.74, 6) is 0.946. The van der Waals surface area contributed by atoms with Gasteiger partial charge in [-0.15, -0.1) is 0 Å². The Morgan fingerprint density at radius 2 is 1.73 bits per heavy atom. The maximum atomic E-state index is 14.4. The molecule has 3 fully saturated rings. The van der Waals surface area contributed by atoms with Gasteiger partial charge >= 0.3 is 0 Å². The lowest BCUT2D eigenvalue weighted by molar-refractivity contribution is -0.178. The molecule has 3 saturated carbocycles. The van der Waals surface area contributed by atoms with Crippen LogP contribution >= 0.6 is 11.6 Å². The standard InChI is InChI=1S/C32H42ClNO3/c1-18-8-11-32(16-24(33)36)13-12-31(7)26(25(32)19(18)2)21(35)14-23-29(5)15-20(17-34)27(37)28(3,4)22(29)9-10-30(23,31)6/h14-15,18-19,22,25-26H,8-13,16H2,1-7H3/t18-,19+,22+,25+,26-,29+,30-,31-,32-/m1/s1. The van der Waals surface area contributed by atoms with Crippen LogP contribution in [0.1, 0.15) is 93.4 Å². The van der Waals surface area contributed by atoms with E-state index >= 15 is 0 Å². The zero-order chi connectivity index (χ0) is 27.3. The van der Waals surface area contributed by atoms with Crippen LogP contribution in [-0.4, -0.2) is 16.8 Å². The zero-order valence-electron chi connectivity index (χ0n) is 23.5. The molecule has 0 aromatic carbocycles. The smallest absolute Gasteiger partial charge is 0.222 e. The Bertz CT molecular complexity index is 1190. The molecule has 9 atom stereocenters. The lowest BCUT2D eigenvalue weighted by atomic mass is 9.33. The summed E-state index contributed by atoms with van der Waals surface area (Å²) in [6, 6.07) is 2.18. The quantitative estimate of drug-likeness (QED) is 0.358. The number of carbonyl (C=O) groups excluding carboxylic acids is 3. The lowest BCUT2D eigenvalue weighted by Gasteiger charge is -2.69. The third-order valence-corrected chi connectivity index (χ3v) is 13.0. The monoisotopic (exact) mass is 523 g/mol. The van der Waals surface area contributed by atoms with Gasteiger partial charge in [-0.2, -0.15) is 5.26 Å². The third-order valence-electron chi connectivity index (χ3n) is 12.9. The molecule has 0 heterocycles. The first-order valence-electron chi connectivity index (χ1n) is 14.2. The molecule has 0 N–H and O–H groups in total. The van der Waals surface area contributed by atoms with E-state index in [-0.39, 0.29) is 56.4 Å². The number of rotatable bonds is 2. The van der Waals surface area contributed by atoms with Gasteiger partial charge in [0.05, 0.1) is 5.57 Å². The number of halogens is 1. The summed E-state index contributed by atoms with van der Waals surface area (Å²) in [6.45, 7) is 15.4. The van der Waals surface area contributed by atoms with E-state index in [0.29, 0.717) is 18.3 Å². The van der Waals surface area contributed by atoms with Crippen molar-refractivity contribution in [2.45, 2.75) is 93.4 Å². The first-order valence-corrected chi connectivity index (χ1v) is 14.6. The predicted molar refractivity (Wildman–Crippen MR) is 144 cm³/mol. The number of nitrogens with zero attached hydrogens (tertiary/aromatic N) is 1. The van der Waals surface area contributed by atoms with Crippen LogP contribution in [0, 0.1) is 68.0 Å². The Morgan fingerprint density at radius 3 is 2.35 bits per heavy atom. The second-order valence-electron chi connectivity index (χ2n) is 14.6. The Morgan fingerprint density at radius 1 is 1.05 bits per heavy atom. The van der Waals surface area contributed by atoms with Crippen molar-refractivity contribution in [2.75, 3.05) is 0 Å². The Kier molecular flexibility index (Phi) is 5.91. The topological polar surface area (TPSA) is 75.0 Å². The van der Waals surface area contributed by atoms with Gasteiger partial charge in [0, 0.05) is 23.2 Å². The number of ketones is 2. The lowest BCUT2D eigenvalue weighted by Crippen LogP contribution is -2.65. The van der Waals surface area contributed by atoms with Crippen molar-refractivity contribution < 1.29 is 14.4 Å². The maximum absolute atomic E-state index is 14.4. The van der Waals surface area contributed by atoms with Crippen LogP contribution in [0.3, 0.4) is 0 Å². The van der Waals surface area contributed by atoms with Crippen LogP contribution in [0.15, 0.2) is 23.3 Å². The average molecular weight is 524 g/mol. The van der Waals surface area contributed by atoms with E-state index in [1.807, 2.05) is 26.0 Å². The molecular weight excluding hydrogens is 482 g/mol. The number of Topliss-reactive ketones (excluding diaryl/α,β-unsaturated/α-hetero) is 1. The second-order valence-corrected chi connectivity index (χ2v) is 15.0. The molecule has 5 rings (SSSR count). The van der Waals surface area contributed by atoms with E-state index < -0.39 is 10.8 Å². The third kappa shape index (κ3) is 3.28.